The van der Waals surface area contributed by atoms with Crippen molar-refractivity contribution >= 4 is 33.2 Å². The highest BCUT2D eigenvalue weighted by Gasteiger charge is 2.21. The molecule has 8 nitrogen and oxygen atoms in total. The molecule has 0 saturated heterocycles. The zero-order valence-corrected chi connectivity index (χ0v) is 12.3. The van der Waals surface area contributed by atoms with E-state index in [0.29, 0.717) is 5.01 Å². The van der Waals surface area contributed by atoms with Crippen LogP contribution in [-0.2, 0) is 21.2 Å². The number of sulfone groups is 1. The molecular formula is C10H15N3O5S2. The van der Waals surface area contributed by atoms with Crippen molar-refractivity contribution in [2.24, 2.45) is 0 Å². The molecule has 0 fully saturated rings. The number of rotatable bonds is 7. The van der Waals surface area contributed by atoms with Crippen LogP contribution < -0.4 is 10.6 Å². The highest BCUT2D eigenvalue weighted by molar-refractivity contribution is 7.90. The summed E-state index contributed by atoms with van der Waals surface area (Å²) in [6, 6.07) is -1.93. The third-order valence-electron chi connectivity index (χ3n) is 2.26. The molecule has 0 bridgehead atoms. The Morgan fingerprint density at radius 3 is 2.70 bits per heavy atom. The second-order valence-electron chi connectivity index (χ2n) is 4.06. The van der Waals surface area contributed by atoms with Crippen LogP contribution in [0.4, 0.5) is 4.79 Å². The van der Waals surface area contributed by atoms with E-state index in [4.69, 9.17) is 5.11 Å². The lowest BCUT2D eigenvalue weighted by Gasteiger charge is -2.14. The van der Waals surface area contributed by atoms with Crippen LogP contribution in [0.5, 0.6) is 0 Å². The molecule has 1 atom stereocenters. The van der Waals surface area contributed by atoms with Crippen LogP contribution in [0.25, 0.3) is 0 Å². The van der Waals surface area contributed by atoms with E-state index in [2.05, 4.69) is 15.6 Å². The van der Waals surface area contributed by atoms with Gasteiger partial charge in [-0.25, -0.2) is 23.0 Å². The van der Waals surface area contributed by atoms with Gasteiger partial charge in [0.1, 0.15) is 20.9 Å². The van der Waals surface area contributed by atoms with E-state index in [1.165, 1.54) is 11.3 Å². The predicted molar refractivity (Wildman–Crippen MR) is 73.2 cm³/mol. The Balaban J connectivity index is 2.44. The lowest BCUT2D eigenvalue weighted by molar-refractivity contribution is -0.139. The minimum absolute atomic E-state index is 0.182. The first-order chi connectivity index (χ1) is 9.28. The summed E-state index contributed by atoms with van der Waals surface area (Å²) in [5.41, 5.74) is 0. The van der Waals surface area contributed by atoms with Crippen LogP contribution in [0.3, 0.4) is 0 Å². The van der Waals surface area contributed by atoms with Gasteiger partial charge in [-0.3, -0.25) is 0 Å². The molecule has 1 aromatic rings. The number of hydrogen-bond acceptors (Lipinski definition) is 6. The van der Waals surface area contributed by atoms with Gasteiger partial charge in [0.2, 0.25) is 0 Å². The summed E-state index contributed by atoms with van der Waals surface area (Å²) < 4.78 is 22.0. The van der Waals surface area contributed by atoms with E-state index in [1.807, 2.05) is 0 Å². The van der Waals surface area contributed by atoms with E-state index < -0.39 is 27.9 Å². The molecule has 3 N–H and O–H groups in total. The molecule has 0 aliphatic heterocycles. The second-order valence-corrected chi connectivity index (χ2v) is 7.30. The van der Waals surface area contributed by atoms with E-state index in [0.717, 1.165) is 6.26 Å². The van der Waals surface area contributed by atoms with Gasteiger partial charge in [0.05, 0.1) is 12.3 Å². The molecular weight excluding hydrogens is 306 g/mol. The minimum atomic E-state index is -3.28. The van der Waals surface area contributed by atoms with Crippen LogP contribution >= 0.6 is 11.3 Å². The average Bonchev–Trinajstić information content (AvgIpc) is 2.83. The molecule has 20 heavy (non-hydrogen) atoms. The molecule has 0 aliphatic carbocycles. The molecule has 1 aromatic heterocycles. The van der Waals surface area contributed by atoms with E-state index >= 15 is 0 Å². The number of nitrogens with one attached hydrogen (secondary N) is 2. The van der Waals surface area contributed by atoms with Crippen LogP contribution in [0.1, 0.15) is 11.4 Å². The normalized spacial score (nSPS) is 12.7. The fraction of sp³-hybridized carbons (Fsp3) is 0.500. The first kappa shape index (κ1) is 16.4. The second kappa shape index (κ2) is 7.20. The number of aliphatic carboxylic acids is 1. The summed E-state index contributed by atoms with van der Waals surface area (Å²) in [5.74, 6) is -1.59. The topological polar surface area (TPSA) is 125 Å². The molecule has 0 spiro atoms. The number of carbonyl (C=O) groups excluding carboxylic acids is 1. The number of aromatic nitrogens is 1. The molecule has 0 aliphatic rings. The predicted octanol–water partition coefficient (Wildman–Crippen LogP) is -0.170. The Morgan fingerprint density at radius 2 is 2.20 bits per heavy atom. The van der Waals surface area contributed by atoms with E-state index in [1.54, 1.807) is 11.6 Å². The fourth-order valence-corrected chi connectivity index (χ4v) is 2.51. The smallest absolute Gasteiger partial charge is 0.326 e. The Morgan fingerprint density at radius 1 is 1.50 bits per heavy atom. The third-order valence-corrected chi connectivity index (χ3v) is 4.02. The van der Waals surface area contributed by atoms with E-state index in [9.17, 15) is 18.0 Å². The molecule has 0 saturated carbocycles. The Bertz CT molecular complexity index is 555. The molecule has 1 heterocycles. The lowest BCUT2D eigenvalue weighted by atomic mass is 10.2. The summed E-state index contributed by atoms with van der Waals surface area (Å²) in [4.78, 5) is 26.4. The van der Waals surface area contributed by atoms with Crippen LogP contribution in [0.15, 0.2) is 11.6 Å². The number of carboxylic acids is 1. The number of hydrogen-bond donors (Lipinski definition) is 3. The van der Waals surface area contributed by atoms with Crippen molar-refractivity contribution in [3.05, 3.63) is 16.6 Å². The Kier molecular flexibility index (Phi) is 5.89. The van der Waals surface area contributed by atoms with Crippen LogP contribution in [0, 0.1) is 0 Å². The van der Waals surface area contributed by atoms with Crippen molar-refractivity contribution < 1.29 is 23.1 Å². The fourth-order valence-electron chi connectivity index (χ4n) is 1.29. The van der Waals surface area contributed by atoms with Crippen molar-refractivity contribution in [1.82, 2.24) is 15.6 Å². The van der Waals surface area contributed by atoms with Crippen LogP contribution in [0.2, 0.25) is 0 Å². The zero-order chi connectivity index (χ0) is 15.2. The molecule has 0 aromatic carbocycles. The van der Waals surface area contributed by atoms with Crippen molar-refractivity contribution in [3.8, 4) is 0 Å². The summed E-state index contributed by atoms with van der Waals surface area (Å²) >= 11 is 1.35. The monoisotopic (exact) mass is 321 g/mol. The maximum absolute atomic E-state index is 11.5. The summed E-state index contributed by atoms with van der Waals surface area (Å²) in [7, 11) is -3.28. The van der Waals surface area contributed by atoms with Crippen LogP contribution in [-0.4, -0.2) is 48.6 Å². The lowest BCUT2D eigenvalue weighted by Crippen LogP contribution is -2.46. The number of thiazole rings is 1. The average molecular weight is 321 g/mol. The van der Waals surface area contributed by atoms with Gasteiger partial charge in [-0.05, 0) is 6.42 Å². The zero-order valence-electron chi connectivity index (χ0n) is 10.7. The van der Waals surface area contributed by atoms with Crippen molar-refractivity contribution in [2.45, 2.75) is 19.0 Å². The molecule has 2 amide bonds. The standard InChI is InChI=1S/C10H15N3O5S2/c1-20(17,18)5-2-7(9(14)15)13-10(16)12-6-8-11-3-4-19-8/h3-4,7H,2,5-6H2,1H3,(H,14,15)(H2,12,13,16). The Labute approximate surface area is 120 Å². The number of amides is 2. The maximum Gasteiger partial charge on any atom is 0.326 e. The highest BCUT2D eigenvalue weighted by atomic mass is 32.2. The Hall–Kier alpha value is -1.68. The SMILES string of the molecule is CS(=O)(=O)CCC(NC(=O)NCc1nccs1)C(=O)O. The molecule has 112 valence electrons. The van der Waals surface area contributed by atoms with Crippen molar-refractivity contribution in [3.63, 3.8) is 0 Å². The van der Waals surface area contributed by atoms with Crippen molar-refractivity contribution in [1.29, 1.82) is 0 Å². The quantitative estimate of drug-likeness (QED) is 0.640. The largest absolute Gasteiger partial charge is 0.480 e. The molecule has 10 heteroatoms. The molecule has 0 radical (unpaired) electrons. The molecule has 1 rings (SSSR count). The van der Waals surface area contributed by atoms with Gasteiger partial charge >= 0.3 is 12.0 Å². The first-order valence-corrected chi connectivity index (χ1v) is 8.55. The van der Waals surface area contributed by atoms with Gasteiger partial charge in [-0.1, -0.05) is 0 Å². The number of carbonyl (C=O) groups is 2. The van der Waals surface area contributed by atoms with E-state index in [-0.39, 0.29) is 18.7 Å². The number of urea groups is 1. The summed E-state index contributed by atoms with van der Waals surface area (Å²) in [6.07, 6.45) is 2.42. The van der Waals surface area contributed by atoms with Gasteiger partial charge in [0.15, 0.2) is 0 Å². The van der Waals surface area contributed by atoms with Crippen molar-refractivity contribution in [2.75, 3.05) is 12.0 Å². The van der Waals surface area contributed by atoms with Gasteiger partial charge in [-0.2, -0.15) is 0 Å². The van der Waals surface area contributed by atoms with Gasteiger partial charge < -0.3 is 15.7 Å². The highest BCUT2D eigenvalue weighted by Crippen LogP contribution is 2.02. The summed E-state index contributed by atoms with van der Waals surface area (Å²) in [6.45, 7) is 0.182. The first-order valence-electron chi connectivity index (χ1n) is 5.61. The van der Waals surface area contributed by atoms with Gasteiger partial charge in [0.25, 0.3) is 0 Å². The van der Waals surface area contributed by atoms with Gasteiger partial charge in [-0.15, -0.1) is 11.3 Å². The third kappa shape index (κ3) is 6.48. The molecule has 1 unspecified atom stereocenters. The summed E-state index contributed by atoms with van der Waals surface area (Å²) in [5, 5.41) is 16.0. The number of carboxylic acid groups (broad SMARTS) is 1. The minimum Gasteiger partial charge on any atom is -0.480 e. The number of nitrogens with zero attached hydrogens (tertiary/aromatic N) is 1. The maximum atomic E-state index is 11.5. The van der Waals surface area contributed by atoms with Gasteiger partial charge in [0, 0.05) is 17.8 Å².